The van der Waals surface area contributed by atoms with Gasteiger partial charge in [-0.25, -0.2) is 0 Å². The zero-order valence-corrected chi connectivity index (χ0v) is 12.7. The molecule has 6 heteroatoms. The average molecular weight is 333 g/mol. The van der Waals surface area contributed by atoms with Crippen molar-refractivity contribution < 1.29 is 4.92 Å². The van der Waals surface area contributed by atoms with Crippen molar-refractivity contribution in [1.82, 2.24) is 0 Å². The van der Waals surface area contributed by atoms with Gasteiger partial charge in [-0.1, -0.05) is 6.42 Å². The predicted octanol–water partition coefficient (Wildman–Crippen LogP) is 4.30. The minimum Gasteiger partial charge on any atom is -0.384 e. The molecular formula is C12H17BrN2O2S. The summed E-state index contributed by atoms with van der Waals surface area (Å²) in [7, 11) is 0. The van der Waals surface area contributed by atoms with Gasteiger partial charge in [0, 0.05) is 28.8 Å². The highest BCUT2D eigenvalue weighted by Crippen LogP contribution is 2.27. The van der Waals surface area contributed by atoms with Crippen LogP contribution in [0.4, 0.5) is 11.4 Å². The molecule has 0 atom stereocenters. The fourth-order valence-electron chi connectivity index (χ4n) is 1.53. The molecule has 0 spiro atoms. The maximum absolute atomic E-state index is 10.6. The zero-order valence-electron chi connectivity index (χ0n) is 10.3. The molecule has 18 heavy (non-hydrogen) atoms. The van der Waals surface area contributed by atoms with E-state index in [2.05, 4.69) is 27.5 Å². The monoisotopic (exact) mass is 332 g/mol. The van der Waals surface area contributed by atoms with Gasteiger partial charge in [0.2, 0.25) is 0 Å². The number of halogens is 1. The SMILES string of the molecule is CSCCCCCNc1ccc([N+](=O)[O-])cc1Br. The Labute approximate surface area is 120 Å². The van der Waals surface area contributed by atoms with Crippen molar-refractivity contribution in [3.8, 4) is 0 Å². The summed E-state index contributed by atoms with van der Waals surface area (Å²) in [6.07, 6.45) is 5.68. The van der Waals surface area contributed by atoms with E-state index in [0.29, 0.717) is 0 Å². The summed E-state index contributed by atoms with van der Waals surface area (Å²) < 4.78 is 0.737. The molecule has 0 aliphatic rings. The van der Waals surface area contributed by atoms with Gasteiger partial charge in [-0.05, 0) is 46.8 Å². The van der Waals surface area contributed by atoms with Crippen LogP contribution in [0.3, 0.4) is 0 Å². The molecule has 0 radical (unpaired) electrons. The summed E-state index contributed by atoms with van der Waals surface area (Å²) in [5.74, 6) is 1.21. The molecule has 0 saturated carbocycles. The number of thioether (sulfide) groups is 1. The normalized spacial score (nSPS) is 10.3. The predicted molar refractivity (Wildman–Crippen MR) is 81.5 cm³/mol. The number of unbranched alkanes of at least 4 members (excludes halogenated alkanes) is 2. The number of benzene rings is 1. The molecule has 1 aromatic carbocycles. The average Bonchev–Trinajstić information content (AvgIpc) is 2.35. The van der Waals surface area contributed by atoms with Crippen molar-refractivity contribution in [2.45, 2.75) is 19.3 Å². The Balaban J connectivity index is 2.36. The third-order valence-corrected chi connectivity index (χ3v) is 3.86. The third kappa shape index (κ3) is 5.27. The number of non-ortho nitro benzene ring substituents is 1. The Morgan fingerprint density at radius 1 is 1.39 bits per heavy atom. The second-order valence-corrected chi connectivity index (χ2v) is 5.74. The maximum Gasteiger partial charge on any atom is 0.270 e. The standard InChI is InChI=1S/C12H17BrN2O2S/c1-18-8-4-2-3-7-14-12-6-5-10(15(16)17)9-11(12)13/h5-6,9,14H,2-4,7-8H2,1H3. The Kier molecular flexibility index (Phi) is 7.12. The molecule has 0 heterocycles. The lowest BCUT2D eigenvalue weighted by Gasteiger charge is -2.08. The van der Waals surface area contributed by atoms with Gasteiger partial charge in [0.1, 0.15) is 0 Å². The van der Waals surface area contributed by atoms with E-state index in [-0.39, 0.29) is 5.69 Å². The van der Waals surface area contributed by atoms with Gasteiger partial charge in [-0.15, -0.1) is 0 Å². The lowest BCUT2D eigenvalue weighted by atomic mass is 10.2. The van der Waals surface area contributed by atoms with Crippen LogP contribution in [-0.2, 0) is 0 Å². The van der Waals surface area contributed by atoms with Crippen molar-refractivity contribution in [2.75, 3.05) is 23.9 Å². The summed E-state index contributed by atoms with van der Waals surface area (Å²) >= 11 is 5.21. The molecule has 0 fully saturated rings. The van der Waals surface area contributed by atoms with E-state index in [9.17, 15) is 10.1 Å². The summed E-state index contributed by atoms with van der Waals surface area (Å²) in [5.41, 5.74) is 1.01. The molecule has 0 amide bonds. The minimum atomic E-state index is -0.392. The quantitative estimate of drug-likeness (QED) is 0.438. The first-order valence-electron chi connectivity index (χ1n) is 5.82. The van der Waals surface area contributed by atoms with Gasteiger partial charge in [-0.3, -0.25) is 10.1 Å². The molecule has 1 rings (SSSR count). The van der Waals surface area contributed by atoms with Gasteiger partial charge in [0.05, 0.1) is 4.92 Å². The van der Waals surface area contributed by atoms with E-state index in [1.165, 1.54) is 30.7 Å². The van der Waals surface area contributed by atoms with Crippen LogP contribution in [0.25, 0.3) is 0 Å². The van der Waals surface area contributed by atoms with Gasteiger partial charge in [0.15, 0.2) is 0 Å². The highest BCUT2D eigenvalue weighted by molar-refractivity contribution is 9.10. The van der Waals surface area contributed by atoms with Gasteiger partial charge in [0.25, 0.3) is 5.69 Å². The van der Waals surface area contributed by atoms with Crippen molar-refractivity contribution in [3.63, 3.8) is 0 Å². The molecule has 4 nitrogen and oxygen atoms in total. The summed E-state index contributed by atoms with van der Waals surface area (Å²) in [6.45, 7) is 0.894. The Hall–Kier alpha value is -0.750. The van der Waals surface area contributed by atoms with Crippen LogP contribution in [0.5, 0.6) is 0 Å². The fraction of sp³-hybridized carbons (Fsp3) is 0.500. The van der Waals surface area contributed by atoms with Crippen LogP contribution in [-0.4, -0.2) is 23.5 Å². The molecular weight excluding hydrogens is 316 g/mol. The van der Waals surface area contributed by atoms with E-state index in [1.807, 2.05) is 11.8 Å². The van der Waals surface area contributed by atoms with E-state index in [1.54, 1.807) is 6.07 Å². The van der Waals surface area contributed by atoms with E-state index in [0.717, 1.165) is 23.1 Å². The number of anilines is 1. The van der Waals surface area contributed by atoms with Crippen LogP contribution >= 0.6 is 27.7 Å². The van der Waals surface area contributed by atoms with E-state index < -0.39 is 4.92 Å². The Morgan fingerprint density at radius 3 is 2.78 bits per heavy atom. The van der Waals surface area contributed by atoms with Crippen LogP contribution in [0, 0.1) is 10.1 Å². The topological polar surface area (TPSA) is 55.2 Å². The Morgan fingerprint density at radius 2 is 2.17 bits per heavy atom. The van der Waals surface area contributed by atoms with Crippen molar-refractivity contribution in [2.24, 2.45) is 0 Å². The molecule has 1 aromatic rings. The smallest absolute Gasteiger partial charge is 0.270 e. The van der Waals surface area contributed by atoms with Gasteiger partial charge >= 0.3 is 0 Å². The maximum atomic E-state index is 10.6. The highest BCUT2D eigenvalue weighted by atomic mass is 79.9. The summed E-state index contributed by atoms with van der Waals surface area (Å²) in [5, 5.41) is 13.9. The number of hydrogen-bond donors (Lipinski definition) is 1. The van der Waals surface area contributed by atoms with Crippen molar-refractivity contribution in [1.29, 1.82) is 0 Å². The number of hydrogen-bond acceptors (Lipinski definition) is 4. The summed E-state index contributed by atoms with van der Waals surface area (Å²) in [6, 6.07) is 4.78. The first-order chi connectivity index (χ1) is 8.65. The minimum absolute atomic E-state index is 0.104. The van der Waals surface area contributed by atoms with Gasteiger partial charge in [-0.2, -0.15) is 11.8 Å². The molecule has 0 bridgehead atoms. The lowest BCUT2D eigenvalue weighted by Crippen LogP contribution is -2.02. The second kappa shape index (κ2) is 8.37. The number of nitrogens with zero attached hydrogens (tertiary/aromatic N) is 1. The number of nitro benzene ring substituents is 1. The highest BCUT2D eigenvalue weighted by Gasteiger charge is 2.08. The van der Waals surface area contributed by atoms with Crippen molar-refractivity contribution >= 4 is 39.1 Å². The Bertz CT molecular complexity index is 402. The zero-order chi connectivity index (χ0) is 13.4. The molecule has 0 unspecified atom stereocenters. The lowest BCUT2D eigenvalue weighted by molar-refractivity contribution is -0.384. The summed E-state index contributed by atoms with van der Waals surface area (Å²) in [4.78, 5) is 10.2. The van der Waals surface area contributed by atoms with Gasteiger partial charge < -0.3 is 5.32 Å². The third-order valence-electron chi connectivity index (χ3n) is 2.50. The van der Waals surface area contributed by atoms with E-state index in [4.69, 9.17) is 0 Å². The van der Waals surface area contributed by atoms with Crippen LogP contribution < -0.4 is 5.32 Å². The molecule has 0 saturated heterocycles. The fourth-order valence-corrected chi connectivity index (χ4v) is 2.53. The molecule has 100 valence electrons. The molecule has 0 aliphatic carbocycles. The molecule has 1 N–H and O–H groups in total. The largest absolute Gasteiger partial charge is 0.384 e. The van der Waals surface area contributed by atoms with Crippen LogP contribution in [0.1, 0.15) is 19.3 Å². The first-order valence-corrected chi connectivity index (χ1v) is 8.00. The van der Waals surface area contributed by atoms with Crippen LogP contribution in [0.15, 0.2) is 22.7 Å². The molecule has 0 aliphatic heterocycles. The van der Waals surface area contributed by atoms with E-state index >= 15 is 0 Å². The van der Waals surface area contributed by atoms with Crippen LogP contribution in [0.2, 0.25) is 0 Å². The first kappa shape index (κ1) is 15.3. The number of rotatable bonds is 8. The number of nitro groups is 1. The number of nitrogens with one attached hydrogen (secondary N) is 1. The van der Waals surface area contributed by atoms with Crippen molar-refractivity contribution in [3.05, 3.63) is 32.8 Å². The molecule has 0 aromatic heterocycles. The second-order valence-electron chi connectivity index (χ2n) is 3.90.